The molecule has 11 heteroatoms. The number of anilines is 1. The summed E-state index contributed by atoms with van der Waals surface area (Å²) in [4.78, 5) is 52.6. The normalized spacial score (nSPS) is 28.9. The molecule has 4 amide bonds. The topological polar surface area (TPSA) is 172 Å². The molecule has 0 bridgehead atoms. The molecule has 3 fully saturated rings. The molecule has 3 saturated carbocycles. The molecule has 4 aliphatic rings. The van der Waals surface area contributed by atoms with Crippen molar-refractivity contribution in [2.24, 2.45) is 58.0 Å². The van der Waals surface area contributed by atoms with Crippen molar-refractivity contribution in [3.63, 3.8) is 0 Å². The maximum atomic E-state index is 13.6. The van der Waals surface area contributed by atoms with E-state index < -0.39 is 29.8 Å². The third-order valence-corrected chi connectivity index (χ3v) is 16.3. The summed E-state index contributed by atoms with van der Waals surface area (Å²) < 4.78 is 6.43. The number of nitrogens with one attached hydrogen (secondary N) is 4. The van der Waals surface area contributed by atoms with E-state index in [-0.39, 0.29) is 49.8 Å². The molecule has 354 valence electrons. The van der Waals surface area contributed by atoms with Gasteiger partial charge in [0.15, 0.2) is 0 Å². The summed E-state index contributed by atoms with van der Waals surface area (Å²) in [7, 11) is 0. The average molecular weight is 876 g/mol. The Morgan fingerprint density at radius 3 is 2.29 bits per heavy atom. The van der Waals surface area contributed by atoms with E-state index in [0.717, 1.165) is 48.3 Å². The number of fused-ring (bicyclic) bond motifs is 5. The van der Waals surface area contributed by atoms with E-state index >= 15 is 0 Å². The van der Waals surface area contributed by atoms with E-state index in [0.29, 0.717) is 48.1 Å². The Morgan fingerprint density at radius 2 is 1.60 bits per heavy atom. The van der Waals surface area contributed by atoms with Gasteiger partial charge in [0.25, 0.3) is 0 Å². The Kier molecular flexibility index (Phi) is 18.7. The number of hydrogen-bond donors (Lipinski definition) is 6. The fraction of sp³-hybridized carbons (Fsp3) is 0.769. The van der Waals surface area contributed by atoms with Crippen LogP contribution in [-0.4, -0.2) is 66.1 Å². The number of aliphatic hydroxyl groups is 1. The molecular weight excluding hydrogens is 791 g/mol. The van der Waals surface area contributed by atoms with Crippen LogP contribution in [0.5, 0.6) is 0 Å². The van der Waals surface area contributed by atoms with Gasteiger partial charge < -0.3 is 36.8 Å². The van der Waals surface area contributed by atoms with Crippen LogP contribution in [0.4, 0.5) is 5.69 Å². The van der Waals surface area contributed by atoms with Crippen LogP contribution in [0.2, 0.25) is 0 Å². The van der Waals surface area contributed by atoms with E-state index in [1.807, 2.05) is 13.8 Å². The highest BCUT2D eigenvalue weighted by atomic mass is 16.5. The second-order valence-electron chi connectivity index (χ2n) is 21.3. The first kappa shape index (κ1) is 50.7. The van der Waals surface area contributed by atoms with Crippen molar-refractivity contribution in [2.75, 3.05) is 18.5 Å². The monoisotopic (exact) mass is 876 g/mol. The minimum atomic E-state index is -0.935. The highest BCUT2D eigenvalue weighted by molar-refractivity contribution is 5.98. The van der Waals surface area contributed by atoms with Crippen molar-refractivity contribution in [1.82, 2.24) is 16.0 Å². The van der Waals surface area contributed by atoms with Gasteiger partial charge in [-0.05, 0) is 141 Å². The molecule has 0 aromatic heterocycles. The SMILES string of the molecule is CC[C@H](C)[C@H](NC(=O)CCC(=O)NCCCO[C@H]1CC[C@@]2(C)C(=CC[C@H]3[C@@H]4CC[C@H]([C@H](C)CCCC(C)C)[C@@]4(C)CC[C@@H]32)C1)C(=O)N[C@@H](CC(C)N)C(=O)Nc1ccc(CO)cc1. The summed E-state index contributed by atoms with van der Waals surface area (Å²) in [5, 5.41) is 20.7. The van der Waals surface area contributed by atoms with Crippen LogP contribution < -0.4 is 27.0 Å². The van der Waals surface area contributed by atoms with Crippen LogP contribution in [0.3, 0.4) is 0 Å². The number of aliphatic hydroxyl groups excluding tert-OH is 1. The highest BCUT2D eigenvalue weighted by Crippen LogP contribution is 2.67. The Labute approximate surface area is 380 Å². The lowest BCUT2D eigenvalue weighted by molar-refractivity contribution is -0.133. The summed E-state index contributed by atoms with van der Waals surface area (Å²) in [6.07, 6.45) is 18.6. The molecule has 1 aromatic rings. The molecule has 0 spiro atoms. The summed E-state index contributed by atoms with van der Waals surface area (Å²) in [6.45, 7) is 19.0. The second kappa shape index (κ2) is 23.3. The van der Waals surface area contributed by atoms with Crippen LogP contribution in [0.25, 0.3) is 0 Å². The molecule has 0 heterocycles. The van der Waals surface area contributed by atoms with Crippen LogP contribution in [0.1, 0.15) is 164 Å². The second-order valence-corrected chi connectivity index (χ2v) is 21.3. The van der Waals surface area contributed by atoms with Gasteiger partial charge in [0.05, 0.1) is 12.7 Å². The van der Waals surface area contributed by atoms with E-state index in [9.17, 15) is 24.3 Å². The van der Waals surface area contributed by atoms with Gasteiger partial charge in [0, 0.05) is 37.7 Å². The van der Waals surface area contributed by atoms with Crippen molar-refractivity contribution in [3.05, 3.63) is 41.5 Å². The van der Waals surface area contributed by atoms with Crippen LogP contribution in [0, 0.1) is 52.3 Å². The van der Waals surface area contributed by atoms with Crippen molar-refractivity contribution in [2.45, 2.75) is 189 Å². The molecule has 1 aromatic carbocycles. The Hall–Kier alpha value is -3.28. The van der Waals surface area contributed by atoms with Gasteiger partial charge >= 0.3 is 0 Å². The number of carbonyl (C=O) groups is 4. The van der Waals surface area contributed by atoms with E-state index in [2.05, 4.69) is 62.0 Å². The number of rotatable bonds is 23. The van der Waals surface area contributed by atoms with Crippen LogP contribution >= 0.6 is 0 Å². The first-order valence-electron chi connectivity index (χ1n) is 24.9. The number of benzene rings is 1. The Bertz CT molecular complexity index is 1700. The average Bonchev–Trinajstić information content (AvgIpc) is 3.61. The summed E-state index contributed by atoms with van der Waals surface area (Å²) in [5.74, 6) is 3.24. The molecule has 0 saturated heterocycles. The number of hydrogen-bond acceptors (Lipinski definition) is 7. The number of allylic oxidation sites excluding steroid dienone is 1. The molecule has 11 nitrogen and oxygen atoms in total. The molecule has 7 N–H and O–H groups in total. The summed E-state index contributed by atoms with van der Waals surface area (Å²) >= 11 is 0. The first-order chi connectivity index (χ1) is 30.0. The van der Waals surface area contributed by atoms with Crippen molar-refractivity contribution < 1.29 is 29.0 Å². The molecule has 1 unspecified atom stereocenters. The molecule has 4 aliphatic carbocycles. The predicted octanol–water partition coefficient (Wildman–Crippen LogP) is 8.58. The van der Waals surface area contributed by atoms with Crippen molar-refractivity contribution >= 4 is 29.3 Å². The summed E-state index contributed by atoms with van der Waals surface area (Å²) in [5.41, 5.74) is 9.70. The predicted molar refractivity (Wildman–Crippen MR) is 252 cm³/mol. The smallest absolute Gasteiger partial charge is 0.247 e. The minimum Gasteiger partial charge on any atom is -0.392 e. The molecule has 5 rings (SSSR count). The van der Waals surface area contributed by atoms with Gasteiger partial charge in [-0.2, -0.15) is 0 Å². The molecule has 12 atom stereocenters. The van der Waals surface area contributed by atoms with Gasteiger partial charge in [0.1, 0.15) is 12.1 Å². The van der Waals surface area contributed by atoms with E-state index in [4.69, 9.17) is 10.5 Å². The number of ether oxygens (including phenoxy) is 1. The largest absolute Gasteiger partial charge is 0.392 e. The maximum Gasteiger partial charge on any atom is 0.247 e. The van der Waals surface area contributed by atoms with Gasteiger partial charge in [-0.1, -0.05) is 97.9 Å². The fourth-order valence-electron chi connectivity index (χ4n) is 12.4. The van der Waals surface area contributed by atoms with E-state index in [1.165, 1.54) is 57.8 Å². The maximum absolute atomic E-state index is 13.6. The zero-order chi connectivity index (χ0) is 45.9. The van der Waals surface area contributed by atoms with Crippen molar-refractivity contribution in [1.29, 1.82) is 0 Å². The zero-order valence-electron chi connectivity index (χ0n) is 40.2. The summed E-state index contributed by atoms with van der Waals surface area (Å²) in [6, 6.07) is 4.55. The van der Waals surface area contributed by atoms with Gasteiger partial charge in [-0.15, -0.1) is 0 Å². The number of nitrogens with two attached hydrogens (primary N) is 1. The van der Waals surface area contributed by atoms with Gasteiger partial charge in [-0.3, -0.25) is 19.2 Å². The third-order valence-electron chi connectivity index (χ3n) is 16.3. The van der Waals surface area contributed by atoms with Crippen LogP contribution in [0.15, 0.2) is 35.9 Å². The highest BCUT2D eigenvalue weighted by Gasteiger charge is 2.59. The zero-order valence-corrected chi connectivity index (χ0v) is 40.2. The molecule has 63 heavy (non-hydrogen) atoms. The van der Waals surface area contributed by atoms with Crippen LogP contribution in [-0.2, 0) is 30.5 Å². The molecule has 0 radical (unpaired) electrons. The third kappa shape index (κ3) is 13.2. The van der Waals surface area contributed by atoms with E-state index in [1.54, 1.807) is 36.8 Å². The number of carbonyl (C=O) groups excluding carboxylic acids is 4. The first-order valence-corrected chi connectivity index (χ1v) is 24.9. The minimum absolute atomic E-state index is 0.00182. The van der Waals surface area contributed by atoms with Crippen molar-refractivity contribution in [3.8, 4) is 0 Å². The lowest BCUT2D eigenvalue weighted by Gasteiger charge is -2.58. The fourth-order valence-corrected chi connectivity index (χ4v) is 12.4. The Morgan fingerprint density at radius 1 is 0.873 bits per heavy atom. The quantitative estimate of drug-likeness (QED) is 0.0472. The van der Waals surface area contributed by atoms with Gasteiger partial charge in [-0.25, -0.2) is 0 Å². The molecular formula is C52H85N5O6. The number of amides is 4. The lowest BCUT2D eigenvalue weighted by atomic mass is 9.47. The lowest BCUT2D eigenvalue weighted by Crippen LogP contribution is -2.55. The molecule has 0 aliphatic heterocycles. The standard InChI is InChI=1S/C52H85N5O6/c1-9-34(4)48(50(62)56-45(30-36(6)53)49(61)55-39-17-14-37(32-58)15-18-39)57-47(60)23-22-46(59)54-28-11-29-63-40-24-26-51(7)38(31-40)16-19-41-43-21-20-42(35(5)13-10-12-33(2)3)52(43,8)27-25-44(41)51/h14-18,33-36,40-45,48,58H,9-13,19-32,53H2,1-8H3,(H,54,59)(H,55,61)(H,56,62)(H,57,60)/t34-,35+,36?,40-,41-,42+,43-,44-,45-,48-,51-,52+/m0/s1. The Balaban J connectivity index is 1.01. The van der Waals surface area contributed by atoms with Gasteiger partial charge in [0.2, 0.25) is 23.6 Å².